The molecule has 0 heterocycles. The Kier molecular flexibility index (Phi) is 41.9. The summed E-state index contributed by atoms with van der Waals surface area (Å²) in [5, 5.41) is 7.02. The van der Waals surface area contributed by atoms with Gasteiger partial charge in [0, 0.05) is 6.21 Å². The third-order valence-electron chi connectivity index (χ3n) is 1.37. The largest absolute Gasteiger partial charge is 0.308 e. The van der Waals surface area contributed by atoms with E-state index in [0.717, 1.165) is 11.1 Å². The average molecular weight is 251 g/mol. The van der Waals surface area contributed by atoms with Gasteiger partial charge in [0.05, 0.1) is 0 Å². The fraction of sp³-hybridized carbons (Fsp3) is 0.471. The molecule has 0 bridgehead atoms. The van der Waals surface area contributed by atoms with E-state index in [-0.39, 0.29) is 0 Å². The Bertz CT molecular complexity index is 225. The normalized spacial score (nSPS) is 6.22. The van der Waals surface area contributed by atoms with E-state index in [0.29, 0.717) is 0 Å². The Labute approximate surface area is 115 Å². The summed E-state index contributed by atoms with van der Waals surface area (Å²) in [7, 11) is 0. The molecule has 0 saturated carbocycles. The molecule has 0 radical (unpaired) electrons. The highest BCUT2D eigenvalue weighted by molar-refractivity contribution is 5.82. The highest BCUT2D eigenvalue weighted by Crippen LogP contribution is 2.06. The van der Waals surface area contributed by atoms with E-state index in [1.54, 1.807) is 6.08 Å². The molecule has 1 rings (SSSR count). The van der Waals surface area contributed by atoms with E-state index < -0.39 is 0 Å². The van der Waals surface area contributed by atoms with Gasteiger partial charge in [-0.05, 0) is 11.1 Å². The van der Waals surface area contributed by atoms with Crippen LogP contribution in [0.3, 0.4) is 0 Å². The zero-order valence-corrected chi connectivity index (χ0v) is 13.7. The van der Waals surface area contributed by atoms with E-state index in [4.69, 9.17) is 5.41 Å². The minimum atomic E-state index is 0.914. The Morgan fingerprint density at radius 1 is 0.778 bits per heavy atom. The second-order valence-corrected chi connectivity index (χ2v) is 1.98. The molecule has 18 heavy (non-hydrogen) atoms. The number of nitrogens with one attached hydrogen (secondary N) is 1. The fourth-order valence-electron chi connectivity index (χ4n) is 0.828. The van der Waals surface area contributed by atoms with E-state index in [1.165, 1.54) is 6.21 Å². The maximum atomic E-state index is 7.02. The molecule has 0 saturated heterocycles. The Morgan fingerprint density at radius 3 is 1.33 bits per heavy atom. The quantitative estimate of drug-likeness (QED) is 0.585. The summed E-state index contributed by atoms with van der Waals surface area (Å²) in [5.41, 5.74) is 1.93. The van der Waals surface area contributed by atoms with Gasteiger partial charge in [-0.1, -0.05) is 92.3 Å². The van der Waals surface area contributed by atoms with Crippen LogP contribution in [-0.2, 0) is 0 Å². The van der Waals surface area contributed by atoms with E-state index in [1.807, 2.05) is 79.7 Å². The average Bonchev–Trinajstić information content (AvgIpc) is 2.55. The third-order valence-corrected chi connectivity index (χ3v) is 1.37. The molecule has 1 heteroatoms. The van der Waals surface area contributed by atoms with E-state index in [2.05, 4.69) is 6.58 Å². The molecule has 0 aliphatic carbocycles. The molecule has 1 aromatic rings. The van der Waals surface area contributed by atoms with Crippen LogP contribution in [-0.4, -0.2) is 6.21 Å². The number of benzene rings is 1. The SMILES string of the molecule is C=Cc1ccccc1C=N.CC.CC.CC.CC. The smallest absolute Gasteiger partial charge is 0.0256 e. The van der Waals surface area contributed by atoms with Crippen LogP contribution < -0.4 is 0 Å². The molecule has 1 aromatic carbocycles. The van der Waals surface area contributed by atoms with Gasteiger partial charge < -0.3 is 5.41 Å². The van der Waals surface area contributed by atoms with Crippen LogP contribution in [0, 0.1) is 5.41 Å². The molecule has 0 atom stereocenters. The molecule has 0 amide bonds. The van der Waals surface area contributed by atoms with Crippen molar-refractivity contribution in [3.63, 3.8) is 0 Å². The summed E-state index contributed by atoms with van der Waals surface area (Å²) in [4.78, 5) is 0. The van der Waals surface area contributed by atoms with Crippen molar-refractivity contribution in [1.82, 2.24) is 0 Å². The first-order valence-electron chi connectivity index (χ1n) is 7.10. The van der Waals surface area contributed by atoms with Gasteiger partial charge in [0.15, 0.2) is 0 Å². The van der Waals surface area contributed by atoms with Crippen molar-refractivity contribution in [1.29, 1.82) is 5.41 Å². The Morgan fingerprint density at radius 2 is 1.11 bits per heavy atom. The van der Waals surface area contributed by atoms with Gasteiger partial charge in [0.25, 0.3) is 0 Å². The topological polar surface area (TPSA) is 23.9 Å². The van der Waals surface area contributed by atoms with Gasteiger partial charge in [0.1, 0.15) is 0 Å². The summed E-state index contributed by atoms with van der Waals surface area (Å²) in [5.74, 6) is 0. The Balaban J connectivity index is -0.000000105. The van der Waals surface area contributed by atoms with Gasteiger partial charge in [0.2, 0.25) is 0 Å². The van der Waals surface area contributed by atoms with Crippen LogP contribution in [0.15, 0.2) is 30.8 Å². The predicted molar refractivity (Wildman–Crippen MR) is 89.8 cm³/mol. The van der Waals surface area contributed by atoms with Gasteiger partial charge in [-0.3, -0.25) is 0 Å². The maximum absolute atomic E-state index is 7.02. The van der Waals surface area contributed by atoms with Crippen LogP contribution >= 0.6 is 0 Å². The first kappa shape index (κ1) is 25.5. The molecule has 0 unspecified atom stereocenters. The second kappa shape index (κ2) is 29.6. The molecule has 1 nitrogen and oxygen atoms in total. The van der Waals surface area contributed by atoms with E-state index >= 15 is 0 Å². The number of hydrogen-bond donors (Lipinski definition) is 1. The molecule has 0 aliphatic heterocycles. The van der Waals surface area contributed by atoms with Crippen LogP contribution in [0.5, 0.6) is 0 Å². The molecular formula is C17H33N. The van der Waals surface area contributed by atoms with Crippen molar-refractivity contribution in [3.8, 4) is 0 Å². The molecular weight excluding hydrogens is 218 g/mol. The molecule has 0 spiro atoms. The zero-order chi connectivity index (χ0) is 15.4. The standard InChI is InChI=1S/C9H9N.4C2H6/c1-2-8-5-3-4-6-9(8)7-10;4*1-2/h2-7,10H,1H2;4*1-2H3. The summed E-state index contributed by atoms with van der Waals surface area (Å²) in [6.45, 7) is 19.6. The highest BCUT2D eigenvalue weighted by atomic mass is 14.3. The fourth-order valence-corrected chi connectivity index (χ4v) is 0.828. The highest BCUT2D eigenvalue weighted by Gasteiger charge is 1.90. The molecule has 0 fully saturated rings. The van der Waals surface area contributed by atoms with Crippen LogP contribution in [0.4, 0.5) is 0 Å². The lowest BCUT2D eigenvalue weighted by Crippen LogP contribution is -1.82. The van der Waals surface area contributed by atoms with Crippen molar-refractivity contribution >= 4 is 12.3 Å². The number of hydrogen-bond acceptors (Lipinski definition) is 1. The summed E-state index contributed by atoms with van der Waals surface area (Å²) in [6.07, 6.45) is 3.08. The van der Waals surface area contributed by atoms with Crippen molar-refractivity contribution in [3.05, 3.63) is 42.0 Å². The number of rotatable bonds is 2. The van der Waals surface area contributed by atoms with Crippen LogP contribution in [0.1, 0.15) is 66.5 Å². The maximum Gasteiger partial charge on any atom is 0.0256 e. The lowest BCUT2D eigenvalue weighted by atomic mass is 10.1. The second-order valence-electron chi connectivity index (χ2n) is 1.98. The molecule has 106 valence electrons. The third kappa shape index (κ3) is 14.6. The summed E-state index contributed by atoms with van der Waals surface area (Å²) in [6, 6.07) is 7.68. The minimum Gasteiger partial charge on any atom is -0.308 e. The van der Waals surface area contributed by atoms with Crippen LogP contribution in [0.25, 0.3) is 6.08 Å². The lowest BCUT2D eigenvalue weighted by Gasteiger charge is -1.95. The van der Waals surface area contributed by atoms with Gasteiger partial charge in [-0.2, -0.15) is 0 Å². The summed E-state index contributed by atoms with van der Waals surface area (Å²) < 4.78 is 0. The van der Waals surface area contributed by atoms with Gasteiger partial charge in [-0.25, -0.2) is 0 Å². The van der Waals surface area contributed by atoms with Crippen LogP contribution in [0.2, 0.25) is 0 Å². The molecule has 0 aliphatic rings. The van der Waals surface area contributed by atoms with Crippen molar-refractivity contribution < 1.29 is 0 Å². The van der Waals surface area contributed by atoms with Crippen molar-refractivity contribution in [2.75, 3.05) is 0 Å². The monoisotopic (exact) mass is 251 g/mol. The van der Waals surface area contributed by atoms with Gasteiger partial charge >= 0.3 is 0 Å². The zero-order valence-electron chi connectivity index (χ0n) is 13.7. The lowest BCUT2D eigenvalue weighted by molar-refractivity contribution is 1.50. The molecule has 0 aromatic heterocycles. The predicted octanol–water partition coefficient (Wildman–Crippen LogP) is 6.43. The summed E-state index contributed by atoms with van der Waals surface area (Å²) >= 11 is 0. The van der Waals surface area contributed by atoms with Crippen molar-refractivity contribution in [2.45, 2.75) is 55.4 Å². The van der Waals surface area contributed by atoms with Crippen molar-refractivity contribution in [2.24, 2.45) is 0 Å². The Hall–Kier alpha value is -1.37. The van der Waals surface area contributed by atoms with Gasteiger partial charge in [-0.15, -0.1) is 0 Å². The first-order valence-corrected chi connectivity index (χ1v) is 7.10. The molecule has 1 N–H and O–H groups in total. The van der Waals surface area contributed by atoms with E-state index in [9.17, 15) is 0 Å². The minimum absolute atomic E-state index is 0.914. The first-order chi connectivity index (χ1) is 8.88.